The van der Waals surface area contributed by atoms with Crippen molar-refractivity contribution in [3.8, 4) is 11.5 Å². The Labute approximate surface area is 150 Å². The smallest absolute Gasteiger partial charge is 0.261 e. The van der Waals surface area contributed by atoms with Gasteiger partial charge in [-0.2, -0.15) is 0 Å². The number of hydrogen-bond acceptors (Lipinski definition) is 3. The number of benzene rings is 2. The minimum absolute atomic E-state index is 0.139. The minimum Gasteiger partial charge on any atom is -0.494 e. The monoisotopic (exact) mass is 341 g/mol. The highest BCUT2D eigenvalue weighted by molar-refractivity contribution is 5.80. The van der Waals surface area contributed by atoms with Gasteiger partial charge >= 0.3 is 0 Å². The molecule has 0 saturated heterocycles. The van der Waals surface area contributed by atoms with Crippen LogP contribution in [0.1, 0.15) is 36.1 Å². The Morgan fingerprint density at radius 3 is 2.64 bits per heavy atom. The summed E-state index contributed by atoms with van der Waals surface area (Å²) in [6, 6.07) is 11.8. The lowest BCUT2D eigenvalue weighted by atomic mass is 10.1. The largest absolute Gasteiger partial charge is 0.494 e. The van der Waals surface area contributed by atoms with Crippen LogP contribution in [0.15, 0.2) is 36.4 Å². The van der Waals surface area contributed by atoms with E-state index in [-0.39, 0.29) is 5.91 Å². The van der Waals surface area contributed by atoms with Gasteiger partial charge < -0.3 is 14.8 Å². The molecule has 2 aromatic rings. The van der Waals surface area contributed by atoms with E-state index < -0.39 is 6.10 Å². The summed E-state index contributed by atoms with van der Waals surface area (Å²) in [5.41, 5.74) is 4.34. The fraction of sp³-hybridized carbons (Fsp3) is 0.381. The third kappa shape index (κ3) is 5.24. The van der Waals surface area contributed by atoms with Crippen molar-refractivity contribution in [3.05, 3.63) is 58.7 Å². The topological polar surface area (TPSA) is 47.6 Å². The molecule has 0 bridgehead atoms. The van der Waals surface area contributed by atoms with Gasteiger partial charge in [-0.1, -0.05) is 18.2 Å². The predicted octanol–water partition coefficient (Wildman–Crippen LogP) is 4.09. The number of ether oxygens (including phenoxy) is 2. The van der Waals surface area contributed by atoms with Crippen LogP contribution in [0.25, 0.3) is 0 Å². The number of aryl methyl sites for hydroxylation is 2. The molecule has 0 spiro atoms. The second-order valence-electron chi connectivity index (χ2n) is 6.26. The normalized spacial score (nSPS) is 11.7. The standard InChI is InChI=1S/C21H27NO3/c1-6-24-19-9-7-8-18(12-19)13-22-21(23)17(5)25-20-11-14(2)10-15(3)16(20)4/h7-12,17H,6,13H2,1-5H3,(H,22,23)/t17-/m1/s1. The zero-order valence-corrected chi connectivity index (χ0v) is 15.7. The first-order chi connectivity index (χ1) is 11.9. The number of nitrogens with one attached hydrogen (secondary N) is 1. The summed E-state index contributed by atoms with van der Waals surface area (Å²) >= 11 is 0. The first kappa shape index (κ1) is 18.8. The highest BCUT2D eigenvalue weighted by Gasteiger charge is 2.16. The Morgan fingerprint density at radius 1 is 1.16 bits per heavy atom. The molecule has 1 amide bonds. The third-order valence-electron chi connectivity index (χ3n) is 4.11. The van der Waals surface area contributed by atoms with Crippen LogP contribution in [0.3, 0.4) is 0 Å². The van der Waals surface area contributed by atoms with E-state index in [1.807, 2.05) is 58.0 Å². The van der Waals surface area contributed by atoms with Crippen LogP contribution >= 0.6 is 0 Å². The van der Waals surface area contributed by atoms with E-state index in [1.54, 1.807) is 6.92 Å². The lowest BCUT2D eigenvalue weighted by Crippen LogP contribution is -2.36. The van der Waals surface area contributed by atoms with Gasteiger partial charge in [0, 0.05) is 6.54 Å². The fourth-order valence-corrected chi connectivity index (χ4v) is 2.61. The summed E-state index contributed by atoms with van der Waals surface area (Å²) in [6.07, 6.45) is -0.560. The molecule has 134 valence electrons. The molecule has 2 rings (SSSR count). The summed E-state index contributed by atoms with van der Waals surface area (Å²) < 4.78 is 11.4. The summed E-state index contributed by atoms with van der Waals surface area (Å²) in [7, 11) is 0. The summed E-state index contributed by atoms with van der Waals surface area (Å²) in [5, 5.41) is 2.92. The fourth-order valence-electron chi connectivity index (χ4n) is 2.61. The van der Waals surface area contributed by atoms with Crippen molar-refractivity contribution in [1.82, 2.24) is 5.32 Å². The molecule has 0 aliphatic carbocycles. The quantitative estimate of drug-likeness (QED) is 0.825. The average molecular weight is 341 g/mol. The van der Waals surface area contributed by atoms with Crippen LogP contribution in [0.2, 0.25) is 0 Å². The van der Waals surface area contributed by atoms with Gasteiger partial charge in [0.1, 0.15) is 11.5 Å². The second-order valence-corrected chi connectivity index (χ2v) is 6.26. The van der Waals surface area contributed by atoms with Crippen LogP contribution in [0.4, 0.5) is 0 Å². The van der Waals surface area contributed by atoms with Crippen molar-refractivity contribution in [2.75, 3.05) is 6.61 Å². The summed E-state index contributed by atoms with van der Waals surface area (Å²) in [5.74, 6) is 1.43. The first-order valence-electron chi connectivity index (χ1n) is 8.64. The van der Waals surface area contributed by atoms with E-state index in [9.17, 15) is 4.79 Å². The van der Waals surface area contributed by atoms with E-state index in [2.05, 4.69) is 11.4 Å². The van der Waals surface area contributed by atoms with Crippen molar-refractivity contribution in [2.24, 2.45) is 0 Å². The van der Waals surface area contributed by atoms with Gasteiger partial charge in [0.2, 0.25) is 0 Å². The van der Waals surface area contributed by atoms with Gasteiger partial charge in [-0.25, -0.2) is 0 Å². The third-order valence-corrected chi connectivity index (χ3v) is 4.11. The SMILES string of the molecule is CCOc1cccc(CNC(=O)[C@@H](C)Oc2cc(C)cc(C)c2C)c1. The second kappa shape index (κ2) is 8.56. The van der Waals surface area contributed by atoms with Crippen molar-refractivity contribution < 1.29 is 14.3 Å². The van der Waals surface area contributed by atoms with E-state index in [4.69, 9.17) is 9.47 Å². The van der Waals surface area contributed by atoms with Crippen LogP contribution in [0.5, 0.6) is 11.5 Å². The maximum Gasteiger partial charge on any atom is 0.261 e. The van der Waals surface area contributed by atoms with Crippen LogP contribution in [-0.4, -0.2) is 18.6 Å². The molecule has 0 saturated carbocycles. The van der Waals surface area contributed by atoms with Gasteiger partial charge in [-0.05, 0) is 75.1 Å². The molecule has 25 heavy (non-hydrogen) atoms. The maximum absolute atomic E-state index is 12.3. The highest BCUT2D eigenvalue weighted by Crippen LogP contribution is 2.24. The molecule has 1 N–H and O–H groups in total. The molecular weight excluding hydrogens is 314 g/mol. The Morgan fingerprint density at radius 2 is 1.92 bits per heavy atom. The van der Waals surface area contributed by atoms with Crippen molar-refractivity contribution >= 4 is 5.91 Å². The molecule has 0 aliphatic heterocycles. The van der Waals surface area contributed by atoms with Gasteiger partial charge in [0.25, 0.3) is 5.91 Å². The molecule has 0 aliphatic rings. The minimum atomic E-state index is -0.560. The molecule has 0 fully saturated rings. The predicted molar refractivity (Wildman–Crippen MR) is 100 cm³/mol. The highest BCUT2D eigenvalue weighted by atomic mass is 16.5. The number of carbonyl (C=O) groups is 1. The van der Waals surface area contributed by atoms with Crippen molar-refractivity contribution in [1.29, 1.82) is 0 Å². The molecule has 4 heteroatoms. The molecule has 0 heterocycles. The van der Waals surface area contributed by atoms with Gasteiger partial charge in [-0.3, -0.25) is 4.79 Å². The van der Waals surface area contributed by atoms with Gasteiger partial charge in [0.15, 0.2) is 6.10 Å². The van der Waals surface area contributed by atoms with Crippen LogP contribution in [-0.2, 0) is 11.3 Å². The Kier molecular flexibility index (Phi) is 6.45. The molecule has 0 aromatic heterocycles. The number of amides is 1. The van der Waals surface area contributed by atoms with Crippen molar-refractivity contribution in [2.45, 2.75) is 47.3 Å². The molecule has 2 aromatic carbocycles. The molecule has 0 radical (unpaired) electrons. The average Bonchev–Trinajstić information content (AvgIpc) is 2.57. The van der Waals surface area contributed by atoms with E-state index >= 15 is 0 Å². The maximum atomic E-state index is 12.3. The number of rotatable bonds is 7. The zero-order chi connectivity index (χ0) is 18.4. The molecule has 4 nitrogen and oxygen atoms in total. The van der Waals surface area contributed by atoms with E-state index in [0.29, 0.717) is 13.2 Å². The summed E-state index contributed by atoms with van der Waals surface area (Å²) in [6.45, 7) is 10.9. The van der Waals surface area contributed by atoms with Gasteiger partial charge in [-0.15, -0.1) is 0 Å². The van der Waals surface area contributed by atoms with Crippen LogP contribution < -0.4 is 14.8 Å². The van der Waals surface area contributed by atoms with E-state index in [0.717, 1.165) is 33.8 Å². The van der Waals surface area contributed by atoms with Crippen LogP contribution in [0, 0.1) is 20.8 Å². The van der Waals surface area contributed by atoms with E-state index in [1.165, 1.54) is 0 Å². The van der Waals surface area contributed by atoms with Crippen molar-refractivity contribution in [3.63, 3.8) is 0 Å². The first-order valence-corrected chi connectivity index (χ1v) is 8.64. The lowest BCUT2D eigenvalue weighted by molar-refractivity contribution is -0.127. The molecule has 1 atom stereocenters. The lowest BCUT2D eigenvalue weighted by Gasteiger charge is -2.18. The Bertz CT molecular complexity index is 740. The van der Waals surface area contributed by atoms with Gasteiger partial charge in [0.05, 0.1) is 6.61 Å². The Hall–Kier alpha value is -2.49. The molecule has 0 unspecified atom stereocenters. The molecular formula is C21H27NO3. The Balaban J connectivity index is 1.96. The summed E-state index contributed by atoms with van der Waals surface area (Å²) in [4.78, 5) is 12.3. The zero-order valence-electron chi connectivity index (χ0n) is 15.7. The number of hydrogen-bond donors (Lipinski definition) is 1. The number of carbonyl (C=O) groups excluding carboxylic acids is 1.